The smallest absolute Gasteiger partial charge is 0.427 e. The molecule has 0 bridgehead atoms. The zero-order valence-electron chi connectivity index (χ0n) is 13.1. The zero-order chi connectivity index (χ0) is 15.9. The van der Waals surface area contributed by atoms with Gasteiger partial charge >= 0.3 is 6.16 Å². The molecule has 4 nitrogen and oxygen atoms in total. The fourth-order valence-corrected chi connectivity index (χ4v) is 1.62. The molecule has 20 heavy (non-hydrogen) atoms. The van der Waals surface area contributed by atoms with Crippen LogP contribution in [0.1, 0.15) is 43.9 Å². The van der Waals surface area contributed by atoms with E-state index in [-0.39, 0.29) is 0 Å². The van der Waals surface area contributed by atoms with Gasteiger partial charge in [-0.1, -0.05) is 24.6 Å². The largest absolute Gasteiger partial charge is 0.528 e. The lowest BCUT2D eigenvalue weighted by Gasteiger charge is -2.21. The molecule has 0 aliphatic rings. The average Bonchev–Trinajstić information content (AvgIpc) is 2.36. The Bertz CT molecular complexity index is 435. The Morgan fingerprint density at radius 1 is 1.25 bits per heavy atom. The van der Waals surface area contributed by atoms with Crippen molar-refractivity contribution in [3.63, 3.8) is 0 Å². The third-order valence-electron chi connectivity index (χ3n) is 2.94. The van der Waals surface area contributed by atoms with Crippen LogP contribution in [0.2, 0.25) is 0 Å². The van der Waals surface area contributed by atoms with Gasteiger partial charge in [-0.2, -0.15) is 5.90 Å². The summed E-state index contributed by atoms with van der Waals surface area (Å²) in [5.74, 6) is 4.56. The molecular weight excluding hydrogens is 274 g/mol. The number of ether oxygens (including phenoxy) is 1. The summed E-state index contributed by atoms with van der Waals surface area (Å²) in [6, 6.07) is 4.30. The molecule has 0 unspecified atom stereocenters. The maximum absolute atomic E-state index is 10.4. The SMILES string of the molecule is CCC(C)(C)OC(=O)ON.Cc1cc(C)c(S)c(C)c1. The van der Waals surface area contributed by atoms with Gasteiger partial charge in [0.05, 0.1) is 0 Å². The molecule has 5 heteroatoms. The molecule has 0 saturated carbocycles. The Balaban J connectivity index is 0.000000361. The standard InChI is InChI=1S/C9H12S.C6H13NO3/c1-6-4-7(2)9(10)8(3)5-6;1-4-6(2,3)9-5(8)10-7/h4-5,10H,1-3H3;4,7H2,1-3H3. The molecule has 2 N–H and O–H groups in total. The van der Waals surface area contributed by atoms with E-state index < -0.39 is 11.8 Å². The van der Waals surface area contributed by atoms with Crippen LogP contribution in [0.3, 0.4) is 0 Å². The fourth-order valence-electron chi connectivity index (χ4n) is 1.49. The summed E-state index contributed by atoms with van der Waals surface area (Å²) in [7, 11) is 0. The number of thiol groups is 1. The number of hydrogen-bond acceptors (Lipinski definition) is 5. The topological polar surface area (TPSA) is 61.5 Å². The summed E-state index contributed by atoms with van der Waals surface area (Å²) < 4.78 is 4.75. The predicted molar refractivity (Wildman–Crippen MR) is 84.0 cm³/mol. The summed E-state index contributed by atoms with van der Waals surface area (Å²) >= 11 is 4.36. The Morgan fingerprint density at radius 2 is 1.70 bits per heavy atom. The maximum Gasteiger partial charge on any atom is 0.528 e. The molecule has 0 heterocycles. The third kappa shape index (κ3) is 6.82. The van der Waals surface area contributed by atoms with E-state index in [4.69, 9.17) is 4.74 Å². The van der Waals surface area contributed by atoms with Crippen molar-refractivity contribution in [3.8, 4) is 0 Å². The van der Waals surface area contributed by atoms with E-state index in [2.05, 4.69) is 56.3 Å². The van der Waals surface area contributed by atoms with Crippen LogP contribution in [0.15, 0.2) is 17.0 Å². The molecule has 0 aliphatic heterocycles. The zero-order valence-corrected chi connectivity index (χ0v) is 14.0. The number of aryl methyl sites for hydroxylation is 3. The first kappa shape index (κ1) is 18.8. The number of rotatable bonds is 2. The summed E-state index contributed by atoms with van der Waals surface area (Å²) in [6.45, 7) is 11.7. The van der Waals surface area contributed by atoms with E-state index in [1.54, 1.807) is 13.8 Å². The highest BCUT2D eigenvalue weighted by Crippen LogP contribution is 2.19. The van der Waals surface area contributed by atoms with Gasteiger partial charge in [-0.3, -0.25) is 0 Å². The second kappa shape index (κ2) is 8.17. The minimum absolute atomic E-state index is 0.490. The molecule has 0 saturated heterocycles. The molecular formula is C15H25NO3S. The van der Waals surface area contributed by atoms with E-state index in [0.29, 0.717) is 0 Å². The van der Waals surface area contributed by atoms with Crippen molar-refractivity contribution in [2.45, 2.75) is 58.5 Å². The number of carbonyl (C=O) groups excluding carboxylic acids is 1. The van der Waals surface area contributed by atoms with Gasteiger partial charge in [0.2, 0.25) is 0 Å². The van der Waals surface area contributed by atoms with Crippen LogP contribution < -0.4 is 5.90 Å². The van der Waals surface area contributed by atoms with Crippen LogP contribution in [0.25, 0.3) is 0 Å². The monoisotopic (exact) mass is 299 g/mol. The molecule has 0 fully saturated rings. The van der Waals surface area contributed by atoms with Gasteiger partial charge in [0.1, 0.15) is 5.60 Å². The first-order valence-electron chi connectivity index (χ1n) is 6.49. The Morgan fingerprint density at radius 3 is 2.05 bits per heavy atom. The predicted octanol–water partition coefficient (Wildman–Crippen LogP) is 4.10. The van der Waals surface area contributed by atoms with Gasteiger partial charge in [-0.25, -0.2) is 4.79 Å². The summed E-state index contributed by atoms with van der Waals surface area (Å²) in [5, 5.41) is 0. The highest BCUT2D eigenvalue weighted by atomic mass is 32.1. The first-order valence-corrected chi connectivity index (χ1v) is 6.94. The Labute approximate surface area is 127 Å². The van der Waals surface area contributed by atoms with Gasteiger partial charge in [0.25, 0.3) is 0 Å². The van der Waals surface area contributed by atoms with E-state index in [0.717, 1.165) is 11.3 Å². The molecule has 0 radical (unpaired) electrons. The van der Waals surface area contributed by atoms with Gasteiger partial charge in [0.15, 0.2) is 0 Å². The van der Waals surface area contributed by atoms with E-state index in [1.165, 1.54) is 16.7 Å². The quantitative estimate of drug-likeness (QED) is 0.490. The molecule has 0 aliphatic carbocycles. The van der Waals surface area contributed by atoms with Crippen LogP contribution in [0.5, 0.6) is 0 Å². The molecule has 1 rings (SSSR count). The highest BCUT2D eigenvalue weighted by molar-refractivity contribution is 7.80. The number of benzene rings is 1. The summed E-state index contributed by atoms with van der Waals surface area (Å²) in [4.78, 5) is 15.4. The maximum atomic E-state index is 10.4. The van der Waals surface area contributed by atoms with Gasteiger partial charge in [-0.05, 0) is 52.2 Å². The number of nitrogens with two attached hydrogens (primary N) is 1. The molecule has 1 aromatic carbocycles. The average molecular weight is 299 g/mol. The minimum Gasteiger partial charge on any atom is -0.427 e. The summed E-state index contributed by atoms with van der Waals surface area (Å²) in [6.07, 6.45) is -0.117. The number of hydrogen-bond donors (Lipinski definition) is 2. The second-order valence-corrected chi connectivity index (χ2v) is 5.78. The van der Waals surface area contributed by atoms with E-state index in [9.17, 15) is 4.79 Å². The lowest BCUT2D eigenvalue weighted by molar-refractivity contribution is -0.0186. The molecule has 0 atom stereocenters. The molecule has 114 valence electrons. The highest BCUT2D eigenvalue weighted by Gasteiger charge is 2.20. The van der Waals surface area contributed by atoms with Crippen molar-refractivity contribution in [2.24, 2.45) is 5.90 Å². The minimum atomic E-state index is -0.841. The van der Waals surface area contributed by atoms with Gasteiger partial charge < -0.3 is 9.57 Å². The van der Waals surface area contributed by atoms with Crippen molar-refractivity contribution < 1.29 is 14.4 Å². The van der Waals surface area contributed by atoms with Crippen LogP contribution >= 0.6 is 12.6 Å². The van der Waals surface area contributed by atoms with E-state index >= 15 is 0 Å². The van der Waals surface area contributed by atoms with Crippen molar-refractivity contribution in [1.29, 1.82) is 0 Å². The fraction of sp³-hybridized carbons (Fsp3) is 0.533. The molecule has 0 spiro atoms. The normalized spacial score (nSPS) is 10.4. The van der Waals surface area contributed by atoms with Crippen LogP contribution in [-0.2, 0) is 9.57 Å². The third-order valence-corrected chi connectivity index (χ3v) is 3.65. The van der Waals surface area contributed by atoms with Gasteiger partial charge in [-0.15, -0.1) is 12.6 Å². The lowest BCUT2D eigenvalue weighted by atomic mass is 10.1. The van der Waals surface area contributed by atoms with Crippen molar-refractivity contribution >= 4 is 18.8 Å². The van der Waals surface area contributed by atoms with Crippen LogP contribution in [0, 0.1) is 20.8 Å². The molecule has 0 aromatic heterocycles. The van der Waals surface area contributed by atoms with Gasteiger partial charge in [0, 0.05) is 4.90 Å². The first-order chi connectivity index (χ1) is 9.12. The van der Waals surface area contributed by atoms with Crippen LogP contribution in [0.4, 0.5) is 4.79 Å². The van der Waals surface area contributed by atoms with Crippen molar-refractivity contribution in [3.05, 3.63) is 28.8 Å². The van der Waals surface area contributed by atoms with Crippen LogP contribution in [-0.4, -0.2) is 11.8 Å². The molecule has 0 amide bonds. The number of carbonyl (C=O) groups is 1. The Kier molecular flexibility index (Phi) is 7.68. The lowest BCUT2D eigenvalue weighted by Crippen LogP contribution is -2.28. The second-order valence-electron chi connectivity index (χ2n) is 5.33. The van der Waals surface area contributed by atoms with Crippen molar-refractivity contribution in [2.75, 3.05) is 0 Å². The Hall–Kier alpha value is -1.20. The van der Waals surface area contributed by atoms with Crippen molar-refractivity contribution in [1.82, 2.24) is 0 Å². The molecule has 1 aromatic rings. The summed E-state index contributed by atoms with van der Waals surface area (Å²) in [5.41, 5.74) is 3.35. The van der Waals surface area contributed by atoms with E-state index in [1.807, 2.05) is 6.92 Å².